The maximum atomic E-state index is 12.4. The first-order chi connectivity index (χ1) is 10.1. The van der Waals surface area contributed by atoms with Gasteiger partial charge in [-0.15, -0.1) is 11.8 Å². The van der Waals surface area contributed by atoms with Crippen LogP contribution in [0.4, 0.5) is 0 Å². The monoisotopic (exact) mass is 304 g/mol. The summed E-state index contributed by atoms with van der Waals surface area (Å²) in [4.78, 5) is 17.5. The molecule has 0 unspecified atom stereocenters. The number of aromatic nitrogens is 1. The molecule has 0 radical (unpaired) electrons. The lowest BCUT2D eigenvalue weighted by atomic mass is 10.1. The Hall–Kier alpha value is -1.75. The molecule has 0 aliphatic carbocycles. The van der Waals surface area contributed by atoms with Crippen LogP contribution < -0.4 is 5.32 Å². The molecule has 2 heterocycles. The number of aryl methyl sites for hydroxylation is 1. The minimum Gasteiger partial charge on any atom is -0.468 e. The highest BCUT2D eigenvalue weighted by Crippen LogP contribution is 2.31. The van der Waals surface area contributed by atoms with Gasteiger partial charge in [0.25, 0.3) is 0 Å². The molecule has 0 saturated carbocycles. The molecule has 5 heteroatoms. The van der Waals surface area contributed by atoms with Gasteiger partial charge >= 0.3 is 0 Å². The average molecular weight is 304 g/mol. The number of thioether (sulfide) groups is 1. The zero-order chi connectivity index (χ0) is 15.2. The average Bonchev–Trinajstić information content (AvgIpc) is 2.88. The molecule has 0 aliphatic heterocycles. The third-order valence-electron chi connectivity index (χ3n) is 3.12. The summed E-state index contributed by atoms with van der Waals surface area (Å²) in [5.41, 5.74) is 0.998. The summed E-state index contributed by atoms with van der Waals surface area (Å²) in [5.74, 6) is 1.13. The number of hydrogen-bond donors (Lipinski definition) is 1. The van der Waals surface area contributed by atoms with Crippen LogP contribution in [0.25, 0.3) is 0 Å². The minimum atomic E-state index is -0.141. The largest absolute Gasteiger partial charge is 0.468 e. The van der Waals surface area contributed by atoms with Gasteiger partial charge in [0.15, 0.2) is 0 Å². The first kappa shape index (κ1) is 15.6. The van der Waals surface area contributed by atoms with E-state index in [2.05, 4.69) is 24.1 Å². The van der Waals surface area contributed by atoms with E-state index in [0.29, 0.717) is 6.54 Å². The number of pyridine rings is 1. The molecular formula is C16H20N2O2S. The highest BCUT2D eigenvalue weighted by molar-refractivity contribution is 8.00. The molecule has 2 rings (SSSR count). The normalized spacial score (nSPS) is 12.4. The Morgan fingerprint density at radius 3 is 2.81 bits per heavy atom. The number of furan rings is 1. The predicted octanol–water partition coefficient (Wildman–Crippen LogP) is 3.42. The van der Waals surface area contributed by atoms with E-state index in [1.54, 1.807) is 30.4 Å². The maximum absolute atomic E-state index is 12.4. The molecule has 0 spiro atoms. The van der Waals surface area contributed by atoms with Crippen molar-refractivity contribution in [2.75, 3.05) is 0 Å². The fourth-order valence-corrected chi connectivity index (χ4v) is 3.00. The lowest BCUT2D eigenvalue weighted by Crippen LogP contribution is -2.35. The molecule has 1 N–H and O–H groups in total. The van der Waals surface area contributed by atoms with Gasteiger partial charge < -0.3 is 9.73 Å². The van der Waals surface area contributed by atoms with Crippen molar-refractivity contribution >= 4 is 17.7 Å². The van der Waals surface area contributed by atoms with Gasteiger partial charge in [0, 0.05) is 23.8 Å². The molecule has 1 amide bonds. The Kier molecular flexibility index (Phi) is 5.44. The van der Waals surface area contributed by atoms with E-state index in [9.17, 15) is 4.79 Å². The van der Waals surface area contributed by atoms with Crippen LogP contribution in [-0.4, -0.2) is 16.1 Å². The first-order valence-electron chi connectivity index (χ1n) is 6.95. The number of nitrogens with zero attached hydrogens (tertiary/aromatic N) is 1. The van der Waals surface area contributed by atoms with Crippen molar-refractivity contribution in [3.63, 3.8) is 0 Å². The third-order valence-corrected chi connectivity index (χ3v) is 4.81. The van der Waals surface area contributed by atoms with Crippen LogP contribution in [0.2, 0.25) is 0 Å². The van der Waals surface area contributed by atoms with E-state index in [1.807, 2.05) is 25.1 Å². The summed E-state index contributed by atoms with van der Waals surface area (Å²) in [7, 11) is 0. The highest BCUT2D eigenvalue weighted by atomic mass is 32.2. The number of carbonyl (C=O) groups excluding carboxylic acids is 1. The van der Waals surface area contributed by atoms with Crippen molar-refractivity contribution in [1.29, 1.82) is 0 Å². The van der Waals surface area contributed by atoms with Crippen LogP contribution >= 0.6 is 11.8 Å². The van der Waals surface area contributed by atoms with Crippen molar-refractivity contribution in [1.82, 2.24) is 10.3 Å². The van der Waals surface area contributed by atoms with Gasteiger partial charge in [-0.1, -0.05) is 19.9 Å². The molecular weight excluding hydrogens is 284 g/mol. The summed E-state index contributed by atoms with van der Waals surface area (Å²) in [6.07, 6.45) is 5.14. The van der Waals surface area contributed by atoms with Crippen LogP contribution in [0.1, 0.15) is 25.2 Å². The van der Waals surface area contributed by atoms with Gasteiger partial charge in [-0.2, -0.15) is 0 Å². The Bertz CT molecular complexity index is 581. The topological polar surface area (TPSA) is 55.1 Å². The molecule has 0 fully saturated rings. The first-order valence-corrected chi connectivity index (χ1v) is 7.83. The lowest BCUT2D eigenvalue weighted by molar-refractivity contribution is -0.121. The van der Waals surface area contributed by atoms with Crippen molar-refractivity contribution in [2.45, 2.75) is 37.5 Å². The van der Waals surface area contributed by atoms with Crippen molar-refractivity contribution < 1.29 is 9.21 Å². The molecule has 0 bridgehead atoms. The van der Waals surface area contributed by atoms with Crippen LogP contribution in [0.3, 0.4) is 0 Å². The Labute approximate surface area is 129 Å². The summed E-state index contributed by atoms with van der Waals surface area (Å²) in [6.45, 7) is 6.52. The minimum absolute atomic E-state index is 0.0412. The second-order valence-corrected chi connectivity index (χ2v) is 6.39. The smallest absolute Gasteiger partial charge is 0.234 e. The number of hydrogen-bond acceptors (Lipinski definition) is 4. The summed E-state index contributed by atoms with van der Waals surface area (Å²) >= 11 is 1.55. The van der Waals surface area contributed by atoms with Crippen LogP contribution in [0.5, 0.6) is 0 Å². The van der Waals surface area contributed by atoms with E-state index >= 15 is 0 Å². The molecule has 0 aromatic carbocycles. The van der Waals surface area contributed by atoms with Crippen molar-refractivity contribution in [3.8, 4) is 0 Å². The van der Waals surface area contributed by atoms with Gasteiger partial charge in [0.2, 0.25) is 5.91 Å². The second-order valence-electron chi connectivity index (χ2n) is 5.20. The maximum Gasteiger partial charge on any atom is 0.234 e. The number of carbonyl (C=O) groups is 1. The molecule has 2 aromatic heterocycles. The lowest BCUT2D eigenvalue weighted by Gasteiger charge is -2.19. The van der Waals surface area contributed by atoms with E-state index in [1.165, 1.54) is 0 Å². The zero-order valence-corrected chi connectivity index (χ0v) is 13.3. The predicted molar refractivity (Wildman–Crippen MR) is 84.0 cm³/mol. The van der Waals surface area contributed by atoms with Gasteiger partial charge in [-0.25, -0.2) is 0 Å². The molecule has 1 atom stereocenters. The standard InChI is InChI=1S/C16H20N2O2S/c1-11(2)15(21-14-6-8-20-12(14)3)16(19)18-10-13-5-4-7-17-9-13/h4-9,11,15H,10H2,1-3H3,(H,18,19)/t15-/m0/s1. The van der Waals surface area contributed by atoms with Gasteiger partial charge in [0.1, 0.15) is 5.76 Å². The van der Waals surface area contributed by atoms with E-state index in [-0.39, 0.29) is 17.1 Å². The fraction of sp³-hybridized carbons (Fsp3) is 0.375. The van der Waals surface area contributed by atoms with E-state index in [0.717, 1.165) is 16.2 Å². The number of rotatable bonds is 6. The van der Waals surface area contributed by atoms with Crippen LogP contribution in [0.15, 0.2) is 46.2 Å². The molecule has 0 aliphatic rings. The molecule has 0 saturated heterocycles. The van der Waals surface area contributed by atoms with Crippen LogP contribution in [-0.2, 0) is 11.3 Å². The summed E-state index contributed by atoms with van der Waals surface area (Å²) in [5, 5.41) is 2.84. The Balaban J connectivity index is 1.98. The molecule has 4 nitrogen and oxygen atoms in total. The van der Waals surface area contributed by atoms with Gasteiger partial charge in [-0.3, -0.25) is 9.78 Å². The number of nitrogens with one attached hydrogen (secondary N) is 1. The van der Waals surface area contributed by atoms with Gasteiger partial charge in [-0.05, 0) is 30.5 Å². The number of amides is 1. The third kappa shape index (κ3) is 4.36. The Morgan fingerprint density at radius 1 is 1.43 bits per heavy atom. The van der Waals surface area contributed by atoms with Crippen molar-refractivity contribution in [3.05, 3.63) is 48.2 Å². The van der Waals surface area contributed by atoms with E-state index < -0.39 is 0 Å². The van der Waals surface area contributed by atoms with Crippen molar-refractivity contribution in [2.24, 2.45) is 5.92 Å². The highest BCUT2D eigenvalue weighted by Gasteiger charge is 2.24. The quantitative estimate of drug-likeness (QED) is 0.831. The van der Waals surface area contributed by atoms with E-state index in [4.69, 9.17) is 4.42 Å². The summed E-state index contributed by atoms with van der Waals surface area (Å²) < 4.78 is 5.29. The SMILES string of the molecule is Cc1occc1S[C@H](C(=O)NCc1cccnc1)C(C)C. The fourth-order valence-electron chi connectivity index (χ4n) is 1.92. The van der Waals surface area contributed by atoms with Gasteiger partial charge in [0.05, 0.1) is 11.5 Å². The second kappa shape index (κ2) is 7.31. The summed E-state index contributed by atoms with van der Waals surface area (Å²) in [6, 6.07) is 5.72. The Morgan fingerprint density at radius 2 is 2.24 bits per heavy atom. The van der Waals surface area contributed by atoms with Crippen LogP contribution in [0, 0.1) is 12.8 Å². The molecule has 112 valence electrons. The molecule has 21 heavy (non-hydrogen) atoms. The zero-order valence-electron chi connectivity index (χ0n) is 12.5. The molecule has 2 aromatic rings.